The van der Waals surface area contributed by atoms with Crippen LogP contribution in [0.4, 0.5) is 0 Å². The van der Waals surface area contributed by atoms with E-state index in [4.69, 9.17) is 10.1 Å². The van der Waals surface area contributed by atoms with Crippen LogP contribution in [0.5, 0.6) is 0 Å². The number of carboxylic acid groups (broad SMARTS) is 1. The van der Waals surface area contributed by atoms with Gasteiger partial charge in [-0.3, -0.25) is 4.79 Å². The number of carboxylic acids is 1. The van der Waals surface area contributed by atoms with Crippen molar-refractivity contribution in [1.82, 2.24) is 14.9 Å². The minimum absolute atomic E-state index is 0.0209. The molecule has 0 spiro atoms. The fraction of sp³-hybridized carbons (Fsp3) is 0.522. The molecule has 0 bridgehead atoms. The monoisotopic (exact) mass is 431 g/mol. The number of hydrogen-bond acceptors (Lipinski definition) is 4. The van der Waals surface area contributed by atoms with Gasteiger partial charge in [0.15, 0.2) is 0 Å². The van der Waals surface area contributed by atoms with Crippen LogP contribution in [0.3, 0.4) is 0 Å². The largest absolute Gasteiger partial charge is 0.478 e. The summed E-state index contributed by atoms with van der Waals surface area (Å²) in [6, 6.07) is 6.90. The number of rotatable bonds is 12. The maximum atomic E-state index is 12.5. The Morgan fingerprint density at radius 2 is 1.93 bits per heavy atom. The number of amides is 1. The highest BCUT2D eigenvalue weighted by Crippen LogP contribution is 2.15. The summed E-state index contributed by atoms with van der Waals surface area (Å²) in [6.45, 7) is 7.37. The van der Waals surface area contributed by atoms with Gasteiger partial charge in [-0.15, -0.1) is 0 Å². The number of nitrogens with one attached hydrogen (secondary N) is 1. The molecule has 0 radical (unpaired) electrons. The predicted molar refractivity (Wildman–Crippen MR) is 122 cm³/mol. The third-order valence-electron chi connectivity index (χ3n) is 5.01. The summed E-state index contributed by atoms with van der Waals surface area (Å²) < 4.78 is 2.09. The van der Waals surface area contributed by atoms with Crippen LogP contribution in [0.15, 0.2) is 30.5 Å². The number of aromatic nitrogens is 2. The third-order valence-corrected chi connectivity index (χ3v) is 5.45. The number of thiol groups is 1. The van der Waals surface area contributed by atoms with Crippen molar-refractivity contribution in [3.63, 3.8) is 0 Å². The molecule has 164 valence electrons. The number of benzene rings is 1. The zero-order valence-electron chi connectivity index (χ0n) is 18.1. The fourth-order valence-corrected chi connectivity index (χ4v) is 3.69. The standard InChI is InChI=1S/C23H33N3O3S/c1-4-5-6-21-25-20(12-24-22(27)19(15-30)11-16(2)3)14-26(21)13-17-7-9-18(10-8-17)23(28)29/h7-10,14,16,19,30H,4-6,11-13,15H2,1-3H3,(H,24,27)(H,28,29). The highest BCUT2D eigenvalue weighted by molar-refractivity contribution is 7.80. The molecule has 1 atom stereocenters. The molecule has 2 aromatic rings. The molecule has 0 aliphatic heterocycles. The van der Waals surface area contributed by atoms with Crippen molar-refractivity contribution in [2.24, 2.45) is 11.8 Å². The van der Waals surface area contributed by atoms with Crippen molar-refractivity contribution in [2.45, 2.75) is 59.5 Å². The Balaban J connectivity index is 2.09. The van der Waals surface area contributed by atoms with Crippen LogP contribution >= 0.6 is 12.6 Å². The van der Waals surface area contributed by atoms with Crippen molar-refractivity contribution in [2.75, 3.05) is 5.75 Å². The third kappa shape index (κ3) is 7.20. The molecule has 0 saturated carbocycles. The van der Waals surface area contributed by atoms with Gasteiger partial charge in [-0.2, -0.15) is 12.6 Å². The lowest BCUT2D eigenvalue weighted by Gasteiger charge is -2.16. The zero-order valence-corrected chi connectivity index (χ0v) is 19.0. The number of unbranched alkanes of at least 4 members (excludes halogenated alkanes) is 1. The lowest BCUT2D eigenvalue weighted by atomic mass is 9.98. The summed E-state index contributed by atoms with van der Waals surface area (Å²) in [5.74, 6) is 0.960. The first-order valence-electron chi connectivity index (χ1n) is 10.6. The second-order valence-electron chi connectivity index (χ2n) is 8.11. The van der Waals surface area contributed by atoms with Crippen LogP contribution in [0.2, 0.25) is 0 Å². The molecule has 0 fully saturated rings. The molecule has 1 unspecified atom stereocenters. The second kappa shape index (κ2) is 11.8. The van der Waals surface area contributed by atoms with Gasteiger partial charge in [-0.1, -0.05) is 39.3 Å². The maximum Gasteiger partial charge on any atom is 0.335 e. The minimum Gasteiger partial charge on any atom is -0.478 e. The van der Waals surface area contributed by atoms with Crippen LogP contribution < -0.4 is 5.32 Å². The number of carbonyl (C=O) groups is 2. The van der Waals surface area contributed by atoms with Crippen LogP contribution in [0.1, 0.15) is 67.5 Å². The molecule has 1 aromatic carbocycles. The van der Waals surface area contributed by atoms with Crippen molar-refractivity contribution < 1.29 is 14.7 Å². The molecule has 6 nitrogen and oxygen atoms in total. The quantitative estimate of drug-likeness (QED) is 0.440. The summed E-state index contributed by atoms with van der Waals surface area (Å²) in [5, 5.41) is 12.1. The molecule has 2 N–H and O–H groups in total. The summed E-state index contributed by atoms with van der Waals surface area (Å²) in [4.78, 5) is 28.3. The lowest BCUT2D eigenvalue weighted by molar-refractivity contribution is -0.124. The van der Waals surface area contributed by atoms with E-state index in [-0.39, 0.29) is 17.4 Å². The van der Waals surface area contributed by atoms with E-state index < -0.39 is 5.97 Å². The van der Waals surface area contributed by atoms with Gasteiger partial charge in [0.05, 0.1) is 17.8 Å². The number of aromatic carboxylic acids is 1. The first-order chi connectivity index (χ1) is 14.3. The van der Waals surface area contributed by atoms with Crippen molar-refractivity contribution in [3.05, 3.63) is 53.1 Å². The Labute approximate surface area is 184 Å². The average molecular weight is 432 g/mol. The maximum absolute atomic E-state index is 12.5. The van der Waals surface area contributed by atoms with Gasteiger partial charge in [-0.25, -0.2) is 9.78 Å². The predicted octanol–water partition coefficient (Wildman–Crippen LogP) is 4.18. The van der Waals surface area contributed by atoms with E-state index >= 15 is 0 Å². The summed E-state index contributed by atoms with van der Waals surface area (Å²) >= 11 is 4.33. The van der Waals surface area contributed by atoms with Gasteiger partial charge >= 0.3 is 5.97 Å². The Bertz CT molecular complexity index is 831. The number of carbonyl (C=O) groups excluding carboxylic acids is 1. The summed E-state index contributed by atoms with van der Waals surface area (Å²) in [7, 11) is 0. The van der Waals surface area contributed by atoms with E-state index in [1.165, 1.54) is 0 Å². The molecular formula is C23H33N3O3S. The smallest absolute Gasteiger partial charge is 0.335 e. The molecule has 0 aliphatic rings. The van der Waals surface area contributed by atoms with E-state index in [9.17, 15) is 9.59 Å². The molecule has 2 rings (SSSR count). The average Bonchev–Trinajstić information content (AvgIpc) is 3.10. The fourth-order valence-electron chi connectivity index (χ4n) is 3.37. The highest BCUT2D eigenvalue weighted by atomic mass is 32.1. The van der Waals surface area contributed by atoms with Gasteiger partial charge in [0.1, 0.15) is 5.82 Å². The molecule has 0 saturated heterocycles. The Kier molecular flexibility index (Phi) is 9.43. The first kappa shape index (κ1) is 24.0. The molecule has 1 heterocycles. The Morgan fingerprint density at radius 3 is 2.50 bits per heavy atom. The highest BCUT2D eigenvalue weighted by Gasteiger charge is 2.18. The number of hydrogen-bond donors (Lipinski definition) is 3. The summed E-state index contributed by atoms with van der Waals surface area (Å²) in [6.07, 6.45) is 5.78. The van der Waals surface area contributed by atoms with E-state index in [0.717, 1.165) is 42.8 Å². The molecule has 1 aromatic heterocycles. The lowest BCUT2D eigenvalue weighted by Crippen LogP contribution is -2.32. The van der Waals surface area contributed by atoms with E-state index in [1.807, 2.05) is 18.3 Å². The van der Waals surface area contributed by atoms with Gasteiger partial charge in [0, 0.05) is 30.8 Å². The SMILES string of the molecule is CCCCc1nc(CNC(=O)C(CS)CC(C)C)cn1Cc1ccc(C(=O)O)cc1. The van der Waals surface area contributed by atoms with Crippen molar-refractivity contribution >= 4 is 24.5 Å². The first-order valence-corrected chi connectivity index (χ1v) is 11.2. The molecule has 0 aliphatic carbocycles. The Hall–Kier alpha value is -2.28. The van der Waals surface area contributed by atoms with E-state index in [0.29, 0.717) is 24.8 Å². The van der Waals surface area contributed by atoms with Crippen LogP contribution in [-0.4, -0.2) is 32.3 Å². The normalized spacial score (nSPS) is 12.2. The molecular weight excluding hydrogens is 398 g/mol. The summed E-state index contributed by atoms with van der Waals surface area (Å²) in [5.41, 5.74) is 2.12. The minimum atomic E-state index is -0.928. The van der Waals surface area contributed by atoms with Gasteiger partial charge in [-0.05, 0) is 36.5 Å². The van der Waals surface area contributed by atoms with E-state index in [1.54, 1.807) is 12.1 Å². The second-order valence-corrected chi connectivity index (χ2v) is 8.47. The molecule has 1 amide bonds. The van der Waals surface area contributed by atoms with Crippen LogP contribution in [-0.2, 0) is 24.3 Å². The van der Waals surface area contributed by atoms with Crippen LogP contribution in [0.25, 0.3) is 0 Å². The number of imidazole rings is 1. The van der Waals surface area contributed by atoms with E-state index in [2.05, 4.69) is 43.3 Å². The van der Waals surface area contributed by atoms with Gasteiger partial charge in [0.25, 0.3) is 0 Å². The number of nitrogens with zero attached hydrogens (tertiary/aromatic N) is 2. The van der Waals surface area contributed by atoms with Gasteiger partial charge in [0.2, 0.25) is 5.91 Å². The van der Waals surface area contributed by atoms with Crippen molar-refractivity contribution in [3.8, 4) is 0 Å². The number of aryl methyl sites for hydroxylation is 1. The molecule has 7 heteroatoms. The Morgan fingerprint density at radius 1 is 1.23 bits per heavy atom. The molecule has 30 heavy (non-hydrogen) atoms. The van der Waals surface area contributed by atoms with Crippen LogP contribution in [0, 0.1) is 11.8 Å². The topological polar surface area (TPSA) is 84.2 Å². The zero-order chi connectivity index (χ0) is 22.1. The van der Waals surface area contributed by atoms with Crippen molar-refractivity contribution in [1.29, 1.82) is 0 Å². The van der Waals surface area contributed by atoms with Gasteiger partial charge < -0.3 is 15.0 Å².